The third kappa shape index (κ3) is 4.11. The van der Waals surface area contributed by atoms with Crippen molar-refractivity contribution < 1.29 is 4.79 Å². The summed E-state index contributed by atoms with van der Waals surface area (Å²) < 4.78 is 0. The van der Waals surface area contributed by atoms with Gasteiger partial charge in [-0.3, -0.25) is 4.90 Å². The number of aromatic amines is 1. The first kappa shape index (κ1) is 17.5. The molecule has 4 rings (SSSR count). The van der Waals surface area contributed by atoms with E-state index in [0.29, 0.717) is 6.54 Å². The molecule has 0 bridgehead atoms. The van der Waals surface area contributed by atoms with E-state index in [2.05, 4.69) is 27.6 Å². The Balaban J connectivity index is 1.37. The van der Waals surface area contributed by atoms with Crippen molar-refractivity contribution in [3.05, 3.63) is 66.0 Å². The summed E-state index contributed by atoms with van der Waals surface area (Å²) in [5.74, 6) is 0.967. The number of aromatic nitrogens is 2. The minimum atomic E-state index is -0.114. The van der Waals surface area contributed by atoms with Crippen LogP contribution in [0.25, 0.3) is 11.0 Å². The van der Waals surface area contributed by atoms with Crippen molar-refractivity contribution in [3.8, 4) is 0 Å². The molecular weight excluding hydrogens is 338 g/mol. The fraction of sp³-hybridized carbons (Fsp3) is 0.333. The van der Waals surface area contributed by atoms with Crippen molar-refractivity contribution in [1.82, 2.24) is 25.5 Å². The molecule has 0 aliphatic carbocycles. The van der Waals surface area contributed by atoms with Gasteiger partial charge in [-0.2, -0.15) is 0 Å². The summed E-state index contributed by atoms with van der Waals surface area (Å²) in [6, 6.07) is 18.2. The number of benzene rings is 2. The Morgan fingerprint density at radius 1 is 1.19 bits per heavy atom. The molecule has 2 aromatic carbocycles. The van der Waals surface area contributed by atoms with Gasteiger partial charge in [0.1, 0.15) is 5.82 Å². The topological polar surface area (TPSA) is 73.1 Å². The summed E-state index contributed by atoms with van der Waals surface area (Å²) in [5, 5.41) is 6.07. The monoisotopic (exact) mass is 363 g/mol. The number of nitrogens with one attached hydrogen (secondary N) is 3. The van der Waals surface area contributed by atoms with Crippen molar-refractivity contribution in [3.63, 3.8) is 0 Å². The highest BCUT2D eigenvalue weighted by Crippen LogP contribution is 2.29. The van der Waals surface area contributed by atoms with Gasteiger partial charge in [0.2, 0.25) is 0 Å². The van der Waals surface area contributed by atoms with E-state index in [0.717, 1.165) is 41.8 Å². The number of nitrogens with zero attached hydrogens (tertiary/aromatic N) is 2. The number of para-hydroxylation sites is 2. The second-order valence-corrected chi connectivity index (χ2v) is 7.17. The maximum absolute atomic E-state index is 12.3. The van der Waals surface area contributed by atoms with E-state index in [4.69, 9.17) is 4.98 Å². The third-order valence-electron chi connectivity index (χ3n) is 5.22. The number of fused-ring (bicyclic) bond motifs is 1. The highest BCUT2D eigenvalue weighted by atomic mass is 16.2. The van der Waals surface area contributed by atoms with Crippen molar-refractivity contribution in [2.75, 3.05) is 13.6 Å². The Morgan fingerprint density at radius 3 is 2.78 bits per heavy atom. The third-order valence-corrected chi connectivity index (χ3v) is 5.22. The van der Waals surface area contributed by atoms with E-state index in [1.165, 1.54) is 0 Å². The minimum Gasteiger partial charge on any atom is -0.341 e. The normalized spacial score (nSPS) is 20.5. The van der Waals surface area contributed by atoms with Crippen LogP contribution in [0.15, 0.2) is 54.6 Å². The van der Waals surface area contributed by atoms with E-state index in [9.17, 15) is 4.79 Å². The van der Waals surface area contributed by atoms with Crippen LogP contribution in [0.3, 0.4) is 0 Å². The first-order valence-electron chi connectivity index (χ1n) is 9.42. The molecule has 1 fully saturated rings. The Labute approximate surface area is 159 Å². The molecule has 6 nitrogen and oxygen atoms in total. The number of carbonyl (C=O) groups excluding carboxylic acids is 1. The lowest BCUT2D eigenvalue weighted by atomic mass is 9.97. The number of likely N-dealkylation sites (tertiary alicyclic amines) is 1. The molecule has 2 amide bonds. The lowest BCUT2D eigenvalue weighted by molar-refractivity contribution is 0.151. The number of hydrogen-bond acceptors (Lipinski definition) is 3. The SMILES string of the molecule is CN1CC[C@@H](NC(=O)NCc2ccccc2)C[C@@H]1c1nc2ccccc2[nH]1. The van der Waals surface area contributed by atoms with Crippen LogP contribution < -0.4 is 10.6 Å². The van der Waals surface area contributed by atoms with Gasteiger partial charge in [-0.25, -0.2) is 9.78 Å². The van der Waals surface area contributed by atoms with Crippen molar-refractivity contribution in [2.45, 2.75) is 31.5 Å². The van der Waals surface area contributed by atoms with Crippen LogP contribution >= 0.6 is 0 Å². The quantitative estimate of drug-likeness (QED) is 0.666. The van der Waals surface area contributed by atoms with Gasteiger partial charge in [0.15, 0.2) is 0 Å². The fourth-order valence-electron chi connectivity index (χ4n) is 3.68. The zero-order valence-electron chi connectivity index (χ0n) is 15.5. The Morgan fingerprint density at radius 2 is 1.96 bits per heavy atom. The van der Waals surface area contributed by atoms with Gasteiger partial charge < -0.3 is 15.6 Å². The zero-order valence-corrected chi connectivity index (χ0v) is 15.5. The van der Waals surface area contributed by atoms with Crippen LogP contribution in [0.4, 0.5) is 4.79 Å². The van der Waals surface area contributed by atoms with Crippen molar-refractivity contribution in [1.29, 1.82) is 0 Å². The first-order valence-corrected chi connectivity index (χ1v) is 9.42. The molecule has 0 spiro atoms. The smallest absolute Gasteiger partial charge is 0.315 e. The average Bonchev–Trinajstić information content (AvgIpc) is 3.13. The summed E-state index contributed by atoms with van der Waals surface area (Å²) in [7, 11) is 2.11. The van der Waals surface area contributed by atoms with Crippen molar-refractivity contribution in [2.24, 2.45) is 0 Å². The number of piperidine rings is 1. The van der Waals surface area contributed by atoms with Gasteiger partial charge in [0, 0.05) is 19.1 Å². The number of hydrogen-bond donors (Lipinski definition) is 3. The van der Waals surface area contributed by atoms with E-state index in [1.807, 2.05) is 54.6 Å². The van der Waals surface area contributed by atoms with Gasteiger partial charge >= 0.3 is 6.03 Å². The lowest BCUT2D eigenvalue weighted by Gasteiger charge is -2.36. The summed E-state index contributed by atoms with van der Waals surface area (Å²) in [6.07, 6.45) is 1.78. The molecule has 0 unspecified atom stereocenters. The molecule has 1 aromatic heterocycles. The number of H-pyrrole nitrogens is 1. The molecule has 2 atom stereocenters. The van der Waals surface area contributed by atoms with Gasteiger partial charge in [-0.1, -0.05) is 42.5 Å². The minimum absolute atomic E-state index is 0.114. The maximum atomic E-state index is 12.3. The average molecular weight is 363 g/mol. The first-order chi connectivity index (χ1) is 13.2. The molecule has 1 saturated heterocycles. The van der Waals surface area contributed by atoms with Crippen molar-refractivity contribution >= 4 is 17.1 Å². The van der Waals surface area contributed by atoms with E-state index in [1.54, 1.807) is 0 Å². The predicted octanol–water partition coefficient (Wildman–Crippen LogP) is 3.20. The number of urea groups is 1. The van der Waals surface area contributed by atoms with Gasteiger partial charge in [-0.05, 0) is 37.6 Å². The second kappa shape index (κ2) is 7.80. The fourth-order valence-corrected chi connectivity index (χ4v) is 3.68. The Kier molecular flexibility index (Phi) is 5.07. The van der Waals surface area contributed by atoms with Crippen LogP contribution in [-0.2, 0) is 6.54 Å². The zero-order chi connectivity index (χ0) is 18.6. The predicted molar refractivity (Wildman–Crippen MR) is 106 cm³/mol. The standard InChI is InChI=1S/C21H25N5O/c1-26-12-11-16(23-21(27)22-14-15-7-3-2-4-8-15)13-19(26)20-24-17-9-5-6-10-18(17)25-20/h2-10,16,19H,11-14H2,1H3,(H,24,25)(H2,22,23,27)/t16-,19-/m1/s1. The molecule has 3 N–H and O–H groups in total. The summed E-state index contributed by atoms with van der Waals surface area (Å²) in [4.78, 5) is 22.8. The second-order valence-electron chi connectivity index (χ2n) is 7.17. The largest absolute Gasteiger partial charge is 0.341 e. The summed E-state index contributed by atoms with van der Waals surface area (Å²) in [6.45, 7) is 1.46. The van der Waals surface area contributed by atoms with Gasteiger partial charge in [0.25, 0.3) is 0 Å². The summed E-state index contributed by atoms with van der Waals surface area (Å²) >= 11 is 0. The van der Waals surface area contributed by atoms with E-state index >= 15 is 0 Å². The molecule has 2 heterocycles. The highest BCUT2D eigenvalue weighted by Gasteiger charge is 2.30. The van der Waals surface area contributed by atoms with Gasteiger partial charge in [0.05, 0.1) is 17.1 Å². The van der Waals surface area contributed by atoms with Crippen LogP contribution in [0.1, 0.15) is 30.3 Å². The number of imidazole rings is 1. The number of rotatable bonds is 4. The molecule has 140 valence electrons. The summed E-state index contributed by atoms with van der Waals surface area (Å²) in [5.41, 5.74) is 3.13. The molecule has 0 radical (unpaired) electrons. The molecular formula is C21H25N5O. The molecule has 1 aliphatic rings. The van der Waals surface area contributed by atoms with E-state index in [-0.39, 0.29) is 18.1 Å². The Hall–Kier alpha value is -2.86. The van der Waals surface area contributed by atoms with E-state index < -0.39 is 0 Å². The molecule has 0 saturated carbocycles. The molecule has 27 heavy (non-hydrogen) atoms. The van der Waals surface area contributed by atoms with Crippen LogP contribution in [0.2, 0.25) is 0 Å². The van der Waals surface area contributed by atoms with Crippen LogP contribution in [-0.4, -0.2) is 40.5 Å². The maximum Gasteiger partial charge on any atom is 0.315 e. The molecule has 1 aliphatic heterocycles. The lowest BCUT2D eigenvalue weighted by Crippen LogP contribution is -2.48. The van der Waals surface area contributed by atoms with Crippen LogP contribution in [0.5, 0.6) is 0 Å². The van der Waals surface area contributed by atoms with Crippen LogP contribution in [0, 0.1) is 0 Å². The number of amides is 2. The molecule has 6 heteroatoms. The number of carbonyl (C=O) groups is 1. The highest BCUT2D eigenvalue weighted by molar-refractivity contribution is 5.75. The molecule has 3 aromatic rings. The Bertz CT molecular complexity index is 874. The van der Waals surface area contributed by atoms with Gasteiger partial charge in [-0.15, -0.1) is 0 Å².